The SMILES string of the molecule is CCc1c(C(O)(CC)C(O)CC)ccc(C(=O)O)c1N. The predicted molar refractivity (Wildman–Crippen MR) is 77.7 cm³/mol. The minimum Gasteiger partial charge on any atom is -0.478 e. The predicted octanol–water partition coefficient (Wildman–Crippen LogP) is 1.90. The van der Waals surface area contributed by atoms with E-state index in [1.54, 1.807) is 19.9 Å². The lowest BCUT2D eigenvalue weighted by Gasteiger charge is -2.34. The summed E-state index contributed by atoms with van der Waals surface area (Å²) in [4.78, 5) is 11.1. The number of nitrogens with two attached hydrogens (primary N) is 1. The Morgan fingerprint density at radius 3 is 2.35 bits per heavy atom. The summed E-state index contributed by atoms with van der Waals surface area (Å²) in [5.41, 5.74) is 5.78. The molecule has 5 N–H and O–H groups in total. The summed E-state index contributed by atoms with van der Waals surface area (Å²) in [5, 5.41) is 30.0. The fourth-order valence-corrected chi connectivity index (χ4v) is 2.58. The Balaban J connectivity index is 3.52. The number of aliphatic hydroxyl groups is 2. The van der Waals surface area contributed by atoms with Gasteiger partial charge in [0, 0.05) is 5.69 Å². The first kappa shape index (κ1) is 16.5. The molecule has 5 heteroatoms. The number of nitrogen functional groups attached to an aromatic ring is 1. The summed E-state index contributed by atoms with van der Waals surface area (Å²) < 4.78 is 0. The Hall–Kier alpha value is -1.59. The summed E-state index contributed by atoms with van der Waals surface area (Å²) in [7, 11) is 0. The van der Waals surface area contributed by atoms with Crippen LogP contribution in [-0.4, -0.2) is 27.4 Å². The molecule has 5 nitrogen and oxygen atoms in total. The molecule has 0 amide bonds. The van der Waals surface area contributed by atoms with Crippen LogP contribution in [0.15, 0.2) is 12.1 Å². The molecule has 0 spiro atoms. The molecule has 20 heavy (non-hydrogen) atoms. The molecule has 0 aromatic heterocycles. The van der Waals surface area contributed by atoms with E-state index in [-0.39, 0.29) is 11.3 Å². The third-order valence-corrected chi connectivity index (χ3v) is 3.88. The zero-order chi connectivity index (χ0) is 15.5. The number of rotatable bonds is 6. The minimum atomic E-state index is -1.41. The molecule has 0 radical (unpaired) electrons. The van der Waals surface area contributed by atoms with Crippen molar-refractivity contribution in [2.45, 2.75) is 51.7 Å². The minimum absolute atomic E-state index is 0.0232. The van der Waals surface area contributed by atoms with Crippen molar-refractivity contribution in [3.05, 3.63) is 28.8 Å². The molecule has 1 rings (SSSR count). The van der Waals surface area contributed by atoms with Crippen LogP contribution < -0.4 is 5.73 Å². The molecule has 0 heterocycles. The zero-order valence-electron chi connectivity index (χ0n) is 12.2. The molecule has 0 aliphatic carbocycles. The molecule has 2 unspecified atom stereocenters. The van der Waals surface area contributed by atoms with E-state index in [0.717, 1.165) is 0 Å². The maximum atomic E-state index is 11.1. The Labute approximate surface area is 119 Å². The Bertz CT molecular complexity index is 501. The van der Waals surface area contributed by atoms with Gasteiger partial charge in [0.05, 0.1) is 11.7 Å². The van der Waals surface area contributed by atoms with Crippen LogP contribution in [0.1, 0.15) is 55.1 Å². The topological polar surface area (TPSA) is 104 Å². The maximum Gasteiger partial charge on any atom is 0.337 e. The van der Waals surface area contributed by atoms with E-state index in [1.165, 1.54) is 6.07 Å². The molecule has 0 fully saturated rings. The van der Waals surface area contributed by atoms with Crippen molar-refractivity contribution < 1.29 is 20.1 Å². The quantitative estimate of drug-likeness (QED) is 0.596. The van der Waals surface area contributed by atoms with Gasteiger partial charge in [0.15, 0.2) is 0 Å². The normalized spacial score (nSPS) is 15.7. The number of hydrogen-bond donors (Lipinski definition) is 4. The third kappa shape index (κ3) is 2.64. The standard InChI is InChI=1S/C15H23NO4/c1-4-9-11(15(20,6-3)12(17)5-2)8-7-10(13(9)16)14(18)19/h7-8,12,17,20H,4-6,16H2,1-3H3,(H,18,19). The van der Waals surface area contributed by atoms with Gasteiger partial charge in [-0.15, -0.1) is 0 Å². The van der Waals surface area contributed by atoms with E-state index >= 15 is 0 Å². The third-order valence-electron chi connectivity index (χ3n) is 3.88. The number of carbonyl (C=O) groups is 1. The van der Waals surface area contributed by atoms with Gasteiger partial charge >= 0.3 is 5.97 Å². The molecule has 112 valence electrons. The van der Waals surface area contributed by atoms with E-state index in [1.807, 2.05) is 6.92 Å². The number of anilines is 1. The van der Waals surface area contributed by atoms with Crippen LogP contribution in [-0.2, 0) is 12.0 Å². The molecule has 2 atom stereocenters. The second-order valence-corrected chi connectivity index (χ2v) is 4.91. The summed E-state index contributed by atoms with van der Waals surface area (Å²) in [6.45, 7) is 5.40. The van der Waals surface area contributed by atoms with Gasteiger partial charge in [0.1, 0.15) is 5.60 Å². The van der Waals surface area contributed by atoms with Gasteiger partial charge in [0.2, 0.25) is 0 Å². The lowest BCUT2D eigenvalue weighted by Crippen LogP contribution is -2.39. The Kier molecular flexibility index (Phi) is 5.14. The summed E-state index contributed by atoms with van der Waals surface area (Å²) in [6, 6.07) is 2.94. The van der Waals surface area contributed by atoms with Crippen LogP contribution in [0.2, 0.25) is 0 Å². The van der Waals surface area contributed by atoms with Crippen molar-refractivity contribution in [1.29, 1.82) is 0 Å². The highest BCUT2D eigenvalue weighted by Crippen LogP contribution is 2.36. The molecular weight excluding hydrogens is 258 g/mol. The Morgan fingerprint density at radius 2 is 1.95 bits per heavy atom. The molecule has 0 bridgehead atoms. The summed E-state index contributed by atoms with van der Waals surface area (Å²) in [6.07, 6.45) is 0.281. The van der Waals surface area contributed by atoms with Crippen molar-refractivity contribution in [3.8, 4) is 0 Å². The number of carboxylic acids is 1. The maximum absolute atomic E-state index is 11.1. The molecule has 1 aromatic rings. The first-order chi connectivity index (χ1) is 9.33. The van der Waals surface area contributed by atoms with E-state index in [0.29, 0.717) is 30.4 Å². The van der Waals surface area contributed by atoms with Crippen molar-refractivity contribution in [1.82, 2.24) is 0 Å². The average Bonchev–Trinajstić information content (AvgIpc) is 2.44. The van der Waals surface area contributed by atoms with Crippen LogP contribution in [0.3, 0.4) is 0 Å². The number of benzene rings is 1. The van der Waals surface area contributed by atoms with E-state index in [2.05, 4.69) is 0 Å². The molecule has 0 saturated carbocycles. The molecule has 1 aromatic carbocycles. The van der Waals surface area contributed by atoms with Gasteiger partial charge in [-0.1, -0.05) is 26.8 Å². The van der Waals surface area contributed by atoms with Gasteiger partial charge < -0.3 is 21.1 Å². The fraction of sp³-hybridized carbons (Fsp3) is 0.533. The summed E-state index contributed by atoms with van der Waals surface area (Å²) in [5.74, 6) is -1.10. The van der Waals surface area contributed by atoms with Gasteiger partial charge in [-0.2, -0.15) is 0 Å². The van der Waals surface area contributed by atoms with E-state index < -0.39 is 17.7 Å². The first-order valence-corrected chi connectivity index (χ1v) is 6.88. The van der Waals surface area contributed by atoms with Crippen molar-refractivity contribution in [2.24, 2.45) is 0 Å². The average molecular weight is 281 g/mol. The number of carboxylic acid groups (broad SMARTS) is 1. The number of aromatic carboxylic acids is 1. The van der Waals surface area contributed by atoms with Crippen molar-refractivity contribution in [3.63, 3.8) is 0 Å². The first-order valence-electron chi connectivity index (χ1n) is 6.88. The lowest BCUT2D eigenvalue weighted by molar-refractivity contribution is -0.0848. The highest BCUT2D eigenvalue weighted by molar-refractivity contribution is 5.94. The molecule has 0 aliphatic rings. The second-order valence-electron chi connectivity index (χ2n) is 4.91. The zero-order valence-corrected chi connectivity index (χ0v) is 12.2. The Morgan fingerprint density at radius 1 is 1.35 bits per heavy atom. The van der Waals surface area contributed by atoms with Gasteiger partial charge in [0.25, 0.3) is 0 Å². The van der Waals surface area contributed by atoms with Crippen LogP contribution in [0, 0.1) is 0 Å². The van der Waals surface area contributed by atoms with Crippen LogP contribution >= 0.6 is 0 Å². The fourth-order valence-electron chi connectivity index (χ4n) is 2.58. The second kappa shape index (κ2) is 6.24. The van der Waals surface area contributed by atoms with Crippen LogP contribution in [0.5, 0.6) is 0 Å². The number of aliphatic hydroxyl groups excluding tert-OH is 1. The summed E-state index contributed by atoms with van der Waals surface area (Å²) >= 11 is 0. The lowest BCUT2D eigenvalue weighted by atomic mass is 9.80. The highest BCUT2D eigenvalue weighted by Gasteiger charge is 2.37. The molecule has 0 aliphatic heterocycles. The molecule has 0 saturated heterocycles. The largest absolute Gasteiger partial charge is 0.478 e. The smallest absolute Gasteiger partial charge is 0.337 e. The molecular formula is C15H23NO4. The van der Waals surface area contributed by atoms with Crippen LogP contribution in [0.25, 0.3) is 0 Å². The monoisotopic (exact) mass is 281 g/mol. The van der Waals surface area contributed by atoms with E-state index in [4.69, 9.17) is 10.8 Å². The number of hydrogen-bond acceptors (Lipinski definition) is 4. The van der Waals surface area contributed by atoms with Gasteiger partial charge in [-0.3, -0.25) is 0 Å². The van der Waals surface area contributed by atoms with Crippen LogP contribution in [0.4, 0.5) is 5.69 Å². The van der Waals surface area contributed by atoms with Crippen molar-refractivity contribution >= 4 is 11.7 Å². The van der Waals surface area contributed by atoms with Gasteiger partial charge in [-0.25, -0.2) is 4.79 Å². The van der Waals surface area contributed by atoms with Crippen molar-refractivity contribution in [2.75, 3.05) is 5.73 Å². The highest BCUT2D eigenvalue weighted by atomic mass is 16.4. The van der Waals surface area contributed by atoms with Gasteiger partial charge in [-0.05, 0) is 36.5 Å². The van der Waals surface area contributed by atoms with E-state index in [9.17, 15) is 15.0 Å².